The molecule has 0 atom stereocenters. The third-order valence-electron chi connectivity index (χ3n) is 5.97. The average molecular weight is 886 g/mol. The normalized spacial score (nSPS) is 11.1. The number of carbonyl (C=O) groups is 2. The summed E-state index contributed by atoms with van der Waals surface area (Å²) in [6.07, 6.45) is 0. The molecule has 0 fully saturated rings. The van der Waals surface area contributed by atoms with Crippen molar-refractivity contribution in [1.82, 2.24) is 0 Å². The molecule has 57 heavy (non-hydrogen) atoms. The summed E-state index contributed by atoms with van der Waals surface area (Å²) in [4.78, 5) is 24.3. The highest BCUT2D eigenvalue weighted by Crippen LogP contribution is 2.40. The molecule has 19 heteroatoms. The Morgan fingerprint density at radius 3 is 1.18 bits per heavy atom. The summed E-state index contributed by atoms with van der Waals surface area (Å²) in [6.45, 7) is 12.9. The molecular weight excluding hydrogens is 824 g/mol. The molecule has 2 aromatic carbocycles. The summed E-state index contributed by atoms with van der Waals surface area (Å²) < 4.78 is 48.5. The topological polar surface area (TPSA) is 259 Å². The highest BCUT2D eigenvalue weighted by Gasteiger charge is 2.24. The van der Waals surface area contributed by atoms with Crippen LogP contribution in [0.5, 0.6) is 34.5 Å². The van der Waals surface area contributed by atoms with E-state index in [-0.39, 0.29) is 114 Å². The van der Waals surface area contributed by atoms with Gasteiger partial charge in [0.2, 0.25) is 5.75 Å². The molecule has 0 unspecified atom stereocenters. The molecule has 0 radical (unpaired) electrons. The fourth-order valence-electron chi connectivity index (χ4n) is 3.79. The Balaban J connectivity index is 0.00000111. The fraction of sp³-hybridized carbons (Fsp3) is 0.632. The van der Waals surface area contributed by atoms with Gasteiger partial charge in [-0.25, -0.2) is 9.59 Å². The van der Waals surface area contributed by atoms with Gasteiger partial charge in [-0.3, -0.25) is 0 Å². The summed E-state index contributed by atoms with van der Waals surface area (Å²) in [6, 6.07) is 5.06. The number of esters is 2. The lowest BCUT2D eigenvalue weighted by molar-refractivity contribution is 0.00560. The SMILES string of the molecule is CC(C)(C)OC(=O)c1cc(O)c(O)c(O)c1.CC(C)(C)OC(=O)c1cc(OCCOCCO)c(OCCOCCO)c(OCCOCCO)c1.OCCOCCBr. The van der Waals surface area contributed by atoms with Gasteiger partial charge < -0.3 is 78.4 Å². The number of halogens is 1. The van der Waals surface area contributed by atoms with E-state index < -0.39 is 40.4 Å². The van der Waals surface area contributed by atoms with Crippen LogP contribution in [0.2, 0.25) is 0 Å². The van der Waals surface area contributed by atoms with E-state index in [0.29, 0.717) is 13.2 Å². The molecule has 0 bridgehead atoms. The quantitative estimate of drug-likeness (QED) is 0.0346. The zero-order chi connectivity index (χ0) is 43.3. The van der Waals surface area contributed by atoms with Gasteiger partial charge in [0, 0.05) is 5.33 Å². The second-order valence-electron chi connectivity index (χ2n) is 13.2. The average Bonchev–Trinajstić information content (AvgIpc) is 3.13. The van der Waals surface area contributed by atoms with Crippen LogP contribution in [0.3, 0.4) is 0 Å². The van der Waals surface area contributed by atoms with Crippen molar-refractivity contribution in [3.05, 3.63) is 35.4 Å². The maximum Gasteiger partial charge on any atom is 0.338 e. The van der Waals surface area contributed by atoms with Crippen molar-refractivity contribution in [1.29, 1.82) is 0 Å². The number of aliphatic hydroxyl groups is 4. The predicted octanol–water partition coefficient (Wildman–Crippen LogP) is 2.95. The number of rotatable bonds is 24. The second kappa shape index (κ2) is 30.4. The molecule has 0 amide bonds. The molecule has 7 N–H and O–H groups in total. The molecule has 0 heterocycles. The van der Waals surface area contributed by atoms with Crippen LogP contribution >= 0.6 is 15.9 Å². The molecule has 0 aliphatic carbocycles. The van der Waals surface area contributed by atoms with E-state index >= 15 is 0 Å². The first kappa shape index (κ1) is 53.3. The standard InChI is InChI=1S/C23H38O11.C11H14O5.C4H9BrO2/c1-23(2,3)34-22(27)18-16-19(31-13-10-28-7-4-24)21(33-15-12-30-9-6-26)20(17-18)32-14-11-29-8-5-25;1-11(2,3)16-10(15)6-4-7(12)9(14)8(13)5-6;5-1-3-7-4-2-6/h16-17,24-26H,4-15H2,1-3H3;4-5,12-14H,1-3H3;6H,1-4H2. The van der Waals surface area contributed by atoms with E-state index in [0.717, 1.165) is 17.5 Å². The number of hydrogen-bond donors (Lipinski definition) is 7. The Morgan fingerprint density at radius 1 is 0.509 bits per heavy atom. The number of carbonyl (C=O) groups excluding carboxylic acids is 2. The summed E-state index contributed by atoms with van der Waals surface area (Å²) in [7, 11) is 0. The lowest BCUT2D eigenvalue weighted by atomic mass is 10.1. The molecule has 0 aliphatic heterocycles. The van der Waals surface area contributed by atoms with Gasteiger partial charge in [0.1, 0.15) is 31.0 Å². The van der Waals surface area contributed by atoms with Crippen molar-refractivity contribution in [3.8, 4) is 34.5 Å². The molecule has 0 saturated carbocycles. The maximum absolute atomic E-state index is 12.7. The Kier molecular flexibility index (Phi) is 28.5. The van der Waals surface area contributed by atoms with E-state index in [1.165, 1.54) is 12.1 Å². The van der Waals surface area contributed by atoms with E-state index in [1.807, 2.05) is 0 Å². The van der Waals surface area contributed by atoms with Crippen LogP contribution in [-0.4, -0.2) is 163 Å². The maximum atomic E-state index is 12.7. The number of aliphatic hydroxyl groups excluding tert-OH is 4. The zero-order valence-corrected chi connectivity index (χ0v) is 35.2. The van der Waals surface area contributed by atoms with E-state index in [9.17, 15) is 19.8 Å². The Bertz CT molecular complexity index is 1330. The van der Waals surface area contributed by atoms with Gasteiger partial charge in [-0.15, -0.1) is 0 Å². The van der Waals surface area contributed by atoms with Crippen LogP contribution in [0.25, 0.3) is 0 Å². The van der Waals surface area contributed by atoms with Crippen LogP contribution < -0.4 is 14.2 Å². The van der Waals surface area contributed by atoms with E-state index in [1.54, 1.807) is 41.5 Å². The highest BCUT2D eigenvalue weighted by molar-refractivity contribution is 9.09. The van der Waals surface area contributed by atoms with Crippen molar-refractivity contribution >= 4 is 27.9 Å². The number of ether oxygens (including phenoxy) is 9. The second-order valence-corrected chi connectivity index (χ2v) is 14.0. The van der Waals surface area contributed by atoms with Crippen molar-refractivity contribution in [2.24, 2.45) is 0 Å². The van der Waals surface area contributed by atoms with Crippen molar-refractivity contribution in [2.45, 2.75) is 52.7 Å². The predicted molar refractivity (Wildman–Crippen MR) is 210 cm³/mol. The minimum absolute atomic E-state index is 0.0253. The lowest BCUT2D eigenvalue weighted by Gasteiger charge is -2.21. The third kappa shape index (κ3) is 26.1. The molecule has 0 aliphatic rings. The van der Waals surface area contributed by atoms with Crippen LogP contribution in [-0.2, 0) is 28.4 Å². The molecule has 0 aromatic heterocycles. The molecule has 0 saturated heterocycles. The van der Waals surface area contributed by atoms with Gasteiger partial charge in [0.15, 0.2) is 28.7 Å². The molecule has 2 aromatic rings. The van der Waals surface area contributed by atoms with Gasteiger partial charge >= 0.3 is 11.9 Å². The summed E-state index contributed by atoms with van der Waals surface area (Å²) in [5.74, 6) is -2.31. The van der Waals surface area contributed by atoms with Gasteiger partial charge in [0.25, 0.3) is 0 Å². The van der Waals surface area contributed by atoms with Gasteiger partial charge in [0.05, 0.1) is 90.4 Å². The Morgan fingerprint density at radius 2 is 0.842 bits per heavy atom. The Labute approximate surface area is 342 Å². The molecule has 18 nitrogen and oxygen atoms in total. The van der Waals surface area contributed by atoms with E-state index in [2.05, 4.69) is 15.9 Å². The van der Waals surface area contributed by atoms with E-state index in [4.69, 9.17) is 68.2 Å². The van der Waals surface area contributed by atoms with Crippen LogP contribution in [0.15, 0.2) is 24.3 Å². The van der Waals surface area contributed by atoms with Crippen molar-refractivity contribution < 1.29 is 88.0 Å². The summed E-state index contributed by atoms with van der Waals surface area (Å²) in [5, 5.41) is 63.0. The summed E-state index contributed by atoms with van der Waals surface area (Å²) in [5.41, 5.74) is -1.19. The van der Waals surface area contributed by atoms with Crippen LogP contribution in [0, 0.1) is 0 Å². The van der Waals surface area contributed by atoms with Gasteiger partial charge in [-0.2, -0.15) is 0 Å². The monoisotopic (exact) mass is 884 g/mol. The van der Waals surface area contributed by atoms with Crippen LogP contribution in [0.1, 0.15) is 62.3 Å². The highest BCUT2D eigenvalue weighted by atomic mass is 79.9. The number of phenols is 3. The Hall–Kier alpha value is -3.66. The molecule has 328 valence electrons. The number of hydrogen-bond acceptors (Lipinski definition) is 18. The van der Waals surface area contributed by atoms with Crippen molar-refractivity contribution in [2.75, 3.05) is 104 Å². The van der Waals surface area contributed by atoms with Gasteiger partial charge in [-0.05, 0) is 65.8 Å². The first-order chi connectivity index (χ1) is 26.9. The first-order valence-electron chi connectivity index (χ1n) is 18.0. The summed E-state index contributed by atoms with van der Waals surface area (Å²) >= 11 is 3.17. The zero-order valence-electron chi connectivity index (χ0n) is 33.6. The minimum Gasteiger partial charge on any atom is -0.504 e. The number of aromatic hydroxyl groups is 3. The van der Waals surface area contributed by atoms with Gasteiger partial charge in [-0.1, -0.05) is 15.9 Å². The molecule has 0 spiro atoms. The smallest absolute Gasteiger partial charge is 0.338 e. The lowest BCUT2D eigenvalue weighted by Crippen LogP contribution is -2.24. The number of alkyl halides is 1. The largest absolute Gasteiger partial charge is 0.504 e. The minimum atomic E-state index is -0.700. The fourth-order valence-corrected chi connectivity index (χ4v) is 4.02. The molecular formula is C38H61BrO18. The number of benzene rings is 2. The van der Waals surface area contributed by atoms with Crippen molar-refractivity contribution in [3.63, 3.8) is 0 Å². The molecule has 2 rings (SSSR count). The number of phenolic OH excluding ortho intramolecular Hbond substituents is 3. The first-order valence-corrected chi connectivity index (χ1v) is 19.1. The van der Waals surface area contributed by atoms with Crippen LogP contribution in [0.4, 0.5) is 0 Å². The third-order valence-corrected chi connectivity index (χ3v) is 6.29.